The smallest absolute Gasteiger partial charge is 0.317 e. The van der Waals surface area contributed by atoms with Crippen molar-refractivity contribution in [3.05, 3.63) is 35.4 Å². The summed E-state index contributed by atoms with van der Waals surface area (Å²) in [6.45, 7) is 2.60. The number of hydrogen-bond acceptors (Lipinski definition) is 4. The van der Waals surface area contributed by atoms with Gasteiger partial charge < -0.3 is 25.4 Å². The van der Waals surface area contributed by atoms with E-state index in [1.165, 1.54) is 38.2 Å². The zero-order valence-electron chi connectivity index (χ0n) is 20.4. The van der Waals surface area contributed by atoms with E-state index in [9.17, 15) is 13.6 Å². The standard InChI is InChI=1S/C26H41F2N3O3/c1-33-13-6-14-34-25(20-10-11-23(27)24(28)16-20)21-9-5-12-31(18-21)26(32)30-22(17-29)15-19-7-3-2-4-8-19/h10-11,16,19,21-22,25H,2-9,12-15,17-18,29H2,1H3,(H,30,32). The average Bonchev–Trinajstić information content (AvgIpc) is 2.86. The quantitative estimate of drug-likeness (QED) is 0.446. The summed E-state index contributed by atoms with van der Waals surface area (Å²) in [4.78, 5) is 14.9. The van der Waals surface area contributed by atoms with Gasteiger partial charge >= 0.3 is 6.03 Å². The summed E-state index contributed by atoms with van der Waals surface area (Å²) in [7, 11) is 1.63. The maximum absolute atomic E-state index is 14.0. The molecule has 2 fully saturated rings. The Hall–Kier alpha value is -1.77. The molecule has 3 atom stereocenters. The van der Waals surface area contributed by atoms with Crippen LogP contribution in [0.15, 0.2) is 18.2 Å². The monoisotopic (exact) mass is 481 g/mol. The van der Waals surface area contributed by atoms with Crippen LogP contribution in [-0.4, -0.2) is 56.9 Å². The predicted molar refractivity (Wildman–Crippen MR) is 128 cm³/mol. The number of ether oxygens (including phenoxy) is 2. The van der Waals surface area contributed by atoms with E-state index < -0.39 is 17.7 Å². The fraction of sp³-hybridized carbons (Fsp3) is 0.731. The number of hydrogen-bond donors (Lipinski definition) is 2. The van der Waals surface area contributed by atoms with Crippen LogP contribution in [0.4, 0.5) is 13.6 Å². The van der Waals surface area contributed by atoms with E-state index in [0.29, 0.717) is 50.8 Å². The molecule has 1 aliphatic heterocycles. The SMILES string of the molecule is COCCCOC(c1ccc(F)c(F)c1)C1CCCN(C(=O)NC(CN)CC2CCCCC2)C1. The van der Waals surface area contributed by atoms with Crippen LogP contribution in [0.3, 0.4) is 0 Å². The van der Waals surface area contributed by atoms with Crippen LogP contribution in [0.2, 0.25) is 0 Å². The molecule has 34 heavy (non-hydrogen) atoms. The topological polar surface area (TPSA) is 76.8 Å². The number of amides is 2. The Morgan fingerprint density at radius 1 is 1.15 bits per heavy atom. The lowest BCUT2D eigenvalue weighted by Crippen LogP contribution is -2.51. The van der Waals surface area contributed by atoms with Gasteiger partial charge in [0.2, 0.25) is 0 Å². The van der Waals surface area contributed by atoms with Crippen molar-refractivity contribution in [1.82, 2.24) is 10.2 Å². The van der Waals surface area contributed by atoms with E-state index in [4.69, 9.17) is 15.2 Å². The van der Waals surface area contributed by atoms with Crippen LogP contribution in [0.5, 0.6) is 0 Å². The van der Waals surface area contributed by atoms with Crippen LogP contribution in [-0.2, 0) is 9.47 Å². The van der Waals surface area contributed by atoms with E-state index in [2.05, 4.69) is 5.32 Å². The van der Waals surface area contributed by atoms with Crippen molar-refractivity contribution in [3.8, 4) is 0 Å². The number of rotatable bonds is 11. The second kappa shape index (κ2) is 14.0. The van der Waals surface area contributed by atoms with Crippen LogP contribution in [0.1, 0.15) is 69.5 Å². The summed E-state index contributed by atoms with van der Waals surface area (Å²) < 4.78 is 38.8. The van der Waals surface area contributed by atoms with Gasteiger partial charge in [-0.05, 0) is 49.3 Å². The first-order valence-corrected chi connectivity index (χ1v) is 12.8. The Morgan fingerprint density at radius 3 is 2.65 bits per heavy atom. The summed E-state index contributed by atoms with van der Waals surface area (Å²) in [5.41, 5.74) is 6.59. The number of likely N-dealkylation sites (tertiary alicyclic amines) is 1. The van der Waals surface area contributed by atoms with Gasteiger partial charge in [0.15, 0.2) is 11.6 Å². The minimum Gasteiger partial charge on any atom is -0.385 e. The normalized spacial score (nSPS) is 21.3. The molecule has 0 radical (unpaired) electrons. The Labute approximate surface area is 202 Å². The average molecular weight is 482 g/mol. The number of benzene rings is 1. The van der Waals surface area contributed by atoms with E-state index in [1.807, 2.05) is 4.90 Å². The number of urea groups is 1. The summed E-state index contributed by atoms with van der Waals surface area (Å²) in [6.07, 6.45) is 9.15. The molecule has 0 aromatic heterocycles. The fourth-order valence-corrected chi connectivity index (χ4v) is 5.35. The zero-order valence-corrected chi connectivity index (χ0v) is 20.4. The molecule has 1 saturated carbocycles. The molecule has 1 aromatic carbocycles. The van der Waals surface area contributed by atoms with Crippen LogP contribution >= 0.6 is 0 Å². The Morgan fingerprint density at radius 2 is 1.94 bits per heavy atom. The van der Waals surface area contributed by atoms with Crippen LogP contribution < -0.4 is 11.1 Å². The molecular formula is C26H41F2N3O3. The van der Waals surface area contributed by atoms with Gasteiger partial charge in [-0.15, -0.1) is 0 Å². The summed E-state index contributed by atoms with van der Waals surface area (Å²) in [6, 6.07) is 3.81. The first-order chi connectivity index (χ1) is 16.5. The lowest BCUT2D eigenvalue weighted by Gasteiger charge is -2.38. The van der Waals surface area contributed by atoms with Gasteiger partial charge in [0, 0.05) is 51.9 Å². The van der Waals surface area contributed by atoms with Crippen molar-refractivity contribution in [3.63, 3.8) is 0 Å². The number of nitrogens with one attached hydrogen (secondary N) is 1. The Kier molecular flexibility index (Phi) is 11.0. The number of nitrogens with two attached hydrogens (primary N) is 1. The van der Waals surface area contributed by atoms with E-state index in [1.54, 1.807) is 13.2 Å². The highest BCUT2D eigenvalue weighted by atomic mass is 19.2. The zero-order chi connectivity index (χ0) is 24.3. The van der Waals surface area contributed by atoms with E-state index in [0.717, 1.165) is 25.3 Å². The van der Waals surface area contributed by atoms with Crippen molar-refractivity contribution >= 4 is 6.03 Å². The first kappa shape index (κ1) is 26.8. The molecule has 1 saturated heterocycles. The highest BCUT2D eigenvalue weighted by Crippen LogP contribution is 2.34. The van der Waals surface area contributed by atoms with Crippen LogP contribution in [0.25, 0.3) is 0 Å². The van der Waals surface area contributed by atoms with E-state index >= 15 is 0 Å². The third-order valence-corrected chi connectivity index (χ3v) is 7.19. The van der Waals surface area contributed by atoms with Gasteiger partial charge in [-0.1, -0.05) is 38.2 Å². The van der Waals surface area contributed by atoms with Crippen LogP contribution in [0, 0.1) is 23.5 Å². The fourth-order valence-electron chi connectivity index (χ4n) is 5.35. The number of piperidine rings is 1. The molecule has 0 bridgehead atoms. The molecule has 192 valence electrons. The van der Waals surface area contributed by atoms with Gasteiger partial charge in [0.1, 0.15) is 0 Å². The second-order valence-corrected chi connectivity index (χ2v) is 9.78. The van der Waals surface area contributed by atoms with Gasteiger partial charge in [0.25, 0.3) is 0 Å². The largest absolute Gasteiger partial charge is 0.385 e. The molecule has 3 unspecified atom stereocenters. The lowest BCUT2D eigenvalue weighted by atomic mass is 9.85. The summed E-state index contributed by atoms with van der Waals surface area (Å²) in [5, 5.41) is 3.15. The molecule has 2 aliphatic rings. The number of halogens is 2. The third-order valence-electron chi connectivity index (χ3n) is 7.19. The molecule has 1 heterocycles. The number of methoxy groups -OCH3 is 1. The molecular weight excluding hydrogens is 440 g/mol. The lowest BCUT2D eigenvalue weighted by molar-refractivity contribution is -0.0169. The summed E-state index contributed by atoms with van der Waals surface area (Å²) in [5.74, 6) is -1.14. The van der Waals surface area contributed by atoms with Crippen molar-refractivity contribution in [1.29, 1.82) is 0 Å². The molecule has 0 spiro atoms. The Balaban J connectivity index is 1.63. The van der Waals surface area contributed by atoms with E-state index in [-0.39, 0.29) is 18.0 Å². The minimum atomic E-state index is -0.887. The maximum Gasteiger partial charge on any atom is 0.317 e. The van der Waals surface area contributed by atoms with Gasteiger partial charge in [-0.25, -0.2) is 13.6 Å². The van der Waals surface area contributed by atoms with Gasteiger partial charge in [0.05, 0.1) is 6.10 Å². The van der Waals surface area contributed by atoms with Gasteiger partial charge in [-0.3, -0.25) is 0 Å². The summed E-state index contributed by atoms with van der Waals surface area (Å²) >= 11 is 0. The predicted octanol–water partition coefficient (Wildman–Crippen LogP) is 4.78. The van der Waals surface area contributed by atoms with Crippen molar-refractivity contribution < 1.29 is 23.0 Å². The molecule has 8 heteroatoms. The molecule has 3 N–H and O–H groups in total. The Bertz CT molecular complexity index is 761. The number of carbonyl (C=O) groups excluding carboxylic acids is 1. The molecule has 1 aromatic rings. The minimum absolute atomic E-state index is 0.0124. The number of nitrogens with zero attached hydrogens (tertiary/aromatic N) is 1. The molecule has 6 nitrogen and oxygen atoms in total. The first-order valence-electron chi connectivity index (χ1n) is 12.8. The van der Waals surface area contributed by atoms with Crippen molar-refractivity contribution in [2.75, 3.05) is 40.0 Å². The van der Waals surface area contributed by atoms with Crippen molar-refractivity contribution in [2.45, 2.75) is 69.9 Å². The highest BCUT2D eigenvalue weighted by Gasteiger charge is 2.32. The maximum atomic E-state index is 14.0. The van der Waals surface area contributed by atoms with Crippen molar-refractivity contribution in [2.24, 2.45) is 17.6 Å². The van der Waals surface area contributed by atoms with Gasteiger partial charge in [-0.2, -0.15) is 0 Å². The number of carbonyl (C=O) groups is 1. The molecule has 1 aliphatic carbocycles. The second-order valence-electron chi connectivity index (χ2n) is 9.78. The molecule has 3 rings (SSSR count). The highest BCUT2D eigenvalue weighted by molar-refractivity contribution is 5.74. The third kappa shape index (κ3) is 7.89. The molecule has 2 amide bonds.